The van der Waals surface area contributed by atoms with Gasteiger partial charge in [0.15, 0.2) is 11.5 Å². The van der Waals surface area contributed by atoms with Crippen molar-refractivity contribution in [3.05, 3.63) is 55.1 Å². The Kier molecular flexibility index (Phi) is 6.26. The third-order valence-electron chi connectivity index (χ3n) is 2.81. The highest BCUT2D eigenvalue weighted by atomic mass is 127. The van der Waals surface area contributed by atoms with Crippen LogP contribution in [0.25, 0.3) is 0 Å². The summed E-state index contributed by atoms with van der Waals surface area (Å²) in [6, 6.07) is 7.62. The lowest BCUT2D eigenvalue weighted by Crippen LogP contribution is -2.11. The molecule has 0 atom stereocenters. The monoisotopic (exact) mass is 464 g/mol. The van der Waals surface area contributed by atoms with E-state index >= 15 is 0 Å². The van der Waals surface area contributed by atoms with Crippen LogP contribution in [0, 0.1) is 3.57 Å². The van der Waals surface area contributed by atoms with E-state index in [1.165, 1.54) is 18.2 Å². The van der Waals surface area contributed by atoms with Crippen molar-refractivity contribution in [2.45, 2.75) is 6.92 Å². The maximum atomic E-state index is 12.3. The predicted molar refractivity (Wildman–Crippen MR) is 97.1 cm³/mol. The molecule has 0 fully saturated rings. The van der Waals surface area contributed by atoms with E-state index in [0.717, 1.165) is 0 Å². The lowest BCUT2D eigenvalue weighted by Gasteiger charge is -2.13. The second kappa shape index (κ2) is 7.99. The van der Waals surface area contributed by atoms with E-state index in [4.69, 9.17) is 32.7 Å². The Labute approximate surface area is 156 Å². The molecule has 0 bridgehead atoms. The van der Waals surface area contributed by atoms with Gasteiger partial charge in [0.2, 0.25) is 0 Å². The zero-order valence-electron chi connectivity index (χ0n) is 11.9. The molecule has 0 saturated heterocycles. The zero-order chi connectivity index (χ0) is 17.0. The minimum Gasteiger partial charge on any atom is -0.490 e. The Hall–Kier alpha value is -1.31. The molecule has 2 aromatic rings. The van der Waals surface area contributed by atoms with E-state index < -0.39 is 5.97 Å². The van der Waals surface area contributed by atoms with Gasteiger partial charge < -0.3 is 9.47 Å². The van der Waals surface area contributed by atoms with Gasteiger partial charge in [0.25, 0.3) is 0 Å². The highest BCUT2D eigenvalue weighted by molar-refractivity contribution is 14.1. The highest BCUT2D eigenvalue weighted by Crippen LogP contribution is 2.35. The summed E-state index contributed by atoms with van der Waals surface area (Å²) < 4.78 is 11.4. The number of rotatable bonds is 5. The molecule has 2 rings (SSSR count). The van der Waals surface area contributed by atoms with Gasteiger partial charge in [-0.1, -0.05) is 23.2 Å². The number of esters is 1. The fourth-order valence-electron chi connectivity index (χ4n) is 1.82. The van der Waals surface area contributed by atoms with Crippen LogP contribution in [0.1, 0.15) is 27.6 Å². The van der Waals surface area contributed by atoms with Gasteiger partial charge in [-0.25, -0.2) is 4.79 Å². The molecule has 23 heavy (non-hydrogen) atoms. The number of halogens is 3. The molecule has 0 unspecified atom stereocenters. The Bertz CT molecular complexity index is 762. The van der Waals surface area contributed by atoms with Crippen LogP contribution in [0.3, 0.4) is 0 Å². The number of aldehydes is 1. The summed E-state index contributed by atoms with van der Waals surface area (Å²) in [5.41, 5.74) is 0.621. The van der Waals surface area contributed by atoms with Gasteiger partial charge in [0, 0.05) is 10.6 Å². The van der Waals surface area contributed by atoms with Gasteiger partial charge in [-0.2, -0.15) is 0 Å². The van der Waals surface area contributed by atoms with Crippen molar-refractivity contribution in [2.24, 2.45) is 0 Å². The number of hydrogen-bond acceptors (Lipinski definition) is 4. The van der Waals surface area contributed by atoms with Crippen molar-refractivity contribution in [2.75, 3.05) is 6.61 Å². The minimum absolute atomic E-state index is 0.189. The number of ether oxygens (including phenoxy) is 2. The van der Waals surface area contributed by atoms with Crippen LogP contribution in [0.5, 0.6) is 11.5 Å². The van der Waals surface area contributed by atoms with Crippen molar-refractivity contribution < 1.29 is 19.1 Å². The molecule has 0 radical (unpaired) electrons. The topological polar surface area (TPSA) is 52.6 Å². The fourth-order valence-corrected chi connectivity index (χ4v) is 3.04. The number of hydrogen-bond donors (Lipinski definition) is 0. The normalized spacial score (nSPS) is 10.3. The van der Waals surface area contributed by atoms with Gasteiger partial charge in [-0.15, -0.1) is 0 Å². The fraction of sp³-hybridized carbons (Fsp3) is 0.125. The average molecular weight is 465 g/mol. The summed E-state index contributed by atoms with van der Waals surface area (Å²) in [4.78, 5) is 23.3. The first-order valence-corrected chi connectivity index (χ1v) is 8.38. The number of benzene rings is 2. The molecule has 0 aliphatic heterocycles. The van der Waals surface area contributed by atoms with Crippen molar-refractivity contribution >= 4 is 58.0 Å². The summed E-state index contributed by atoms with van der Waals surface area (Å²) in [7, 11) is 0. The first-order chi connectivity index (χ1) is 11.0. The van der Waals surface area contributed by atoms with Gasteiger partial charge in [-0.3, -0.25) is 4.79 Å². The Morgan fingerprint density at radius 2 is 2.00 bits per heavy atom. The molecule has 0 heterocycles. The largest absolute Gasteiger partial charge is 0.490 e. The summed E-state index contributed by atoms with van der Waals surface area (Å²) in [5.74, 6) is -0.0709. The maximum absolute atomic E-state index is 12.3. The van der Waals surface area contributed by atoms with Gasteiger partial charge in [0.1, 0.15) is 6.29 Å². The lowest BCUT2D eigenvalue weighted by atomic mass is 10.2. The standard InChI is InChI=1S/C16H11Cl2IO4/c1-2-22-14-6-9(8-20)5-13(19)15(14)23-16(21)11-4-3-10(17)7-12(11)18/h3-8H,2H2,1H3. The smallest absolute Gasteiger partial charge is 0.345 e. The van der Waals surface area contributed by atoms with Crippen LogP contribution in [-0.2, 0) is 0 Å². The van der Waals surface area contributed by atoms with Crippen molar-refractivity contribution in [3.63, 3.8) is 0 Å². The Morgan fingerprint density at radius 1 is 1.26 bits per heavy atom. The maximum Gasteiger partial charge on any atom is 0.345 e. The molecule has 0 spiro atoms. The van der Waals surface area contributed by atoms with Crippen LogP contribution >= 0.6 is 45.8 Å². The van der Waals surface area contributed by atoms with Crippen LogP contribution in [-0.4, -0.2) is 18.9 Å². The van der Waals surface area contributed by atoms with Crippen molar-refractivity contribution in [1.29, 1.82) is 0 Å². The quantitative estimate of drug-likeness (QED) is 0.269. The van der Waals surface area contributed by atoms with Crippen LogP contribution in [0.15, 0.2) is 30.3 Å². The molecule has 0 N–H and O–H groups in total. The lowest BCUT2D eigenvalue weighted by molar-refractivity contribution is 0.0727. The van der Waals surface area contributed by atoms with E-state index in [0.29, 0.717) is 32.8 Å². The van der Waals surface area contributed by atoms with E-state index in [1.54, 1.807) is 19.1 Å². The second-order valence-corrected chi connectivity index (χ2v) is 6.40. The number of carbonyl (C=O) groups excluding carboxylic acids is 2. The van der Waals surface area contributed by atoms with Crippen LogP contribution in [0.4, 0.5) is 0 Å². The molecule has 7 heteroatoms. The van der Waals surface area contributed by atoms with Crippen molar-refractivity contribution in [3.8, 4) is 11.5 Å². The Morgan fingerprint density at radius 3 is 2.61 bits per heavy atom. The number of carbonyl (C=O) groups is 2. The van der Waals surface area contributed by atoms with Crippen molar-refractivity contribution in [1.82, 2.24) is 0 Å². The van der Waals surface area contributed by atoms with Crippen LogP contribution in [0.2, 0.25) is 10.0 Å². The Balaban J connectivity index is 2.38. The first-order valence-electron chi connectivity index (χ1n) is 6.55. The molecule has 0 aliphatic rings. The van der Waals surface area contributed by atoms with E-state index in [1.807, 2.05) is 22.6 Å². The predicted octanol–water partition coefficient (Wildman–Crippen LogP) is 5.03. The zero-order valence-corrected chi connectivity index (χ0v) is 15.6. The molecule has 120 valence electrons. The SMILES string of the molecule is CCOc1cc(C=O)cc(I)c1OC(=O)c1ccc(Cl)cc1Cl. The van der Waals surface area contributed by atoms with Crippen LogP contribution < -0.4 is 9.47 Å². The summed E-state index contributed by atoms with van der Waals surface area (Å²) in [5, 5.41) is 0.617. The molecular weight excluding hydrogens is 454 g/mol. The summed E-state index contributed by atoms with van der Waals surface area (Å²) in [6.45, 7) is 2.16. The molecule has 4 nitrogen and oxygen atoms in total. The molecular formula is C16H11Cl2IO4. The molecule has 0 aliphatic carbocycles. The second-order valence-electron chi connectivity index (χ2n) is 4.39. The van der Waals surface area contributed by atoms with E-state index in [9.17, 15) is 9.59 Å². The average Bonchev–Trinajstić information content (AvgIpc) is 2.50. The summed E-state index contributed by atoms with van der Waals surface area (Å²) >= 11 is 13.8. The molecule has 0 amide bonds. The first kappa shape index (κ1) is 18.0. The van der Waals surface area contributed by atoms with Gasteiger partial charge >= 0.3 is 5.97 Å². The minimum atomic E-state index is -0.635. The third-order valence-corrected chi connectivity index (χ3v) is 4.16. The molecule has 2 aromatic carbocycles. The van der Waals surface area contributed by atoms with E-state index in [-0.39, 0.29) is 16.3 Å². The molecule has 0 aromatic heterocycles. The summed E-state index contributed by atoms with van der Waals surface area (Å²) in [6.07, 6.45) is 0.701. The highest BCUT2D eigenvalue weighted by Gasteiger charge is 2.19. The third kappa shape index (κ3) is 4.37. The van der Waals surface area contributed by atoms with Gasteiger partial charge in [-0.05, 0) is 59.8 Å². The van der Waals surface area contributed by atoms with E-state index in [2.05, 4.69) is 0 Å². The van der Waals surface area contributed by atoms with Gasteiger partial charge in [0.05, 0.1) is 20.8 Å². The molecule has 0 saturated carbocycles.